The highest BCUT2D eigenvalue weighted by Crippen LogP contribution is 2.68. The monoisotopic (exact) mass is 334 g/mol. The Hall–Kier alpha value is -0.380. The van der Waals surface area contributed by atoms with E-state index in [-0.39, 0.29) is 29.0 Å². The summed E-state index contributed by atoms with van der Waals surface area (Å²) in [5, 5.41) is 32.2. The van der Waals surface area contributed by atoms with E-state index in [1.165, 1.54) is 5.57 Å². The molecule has 8 atom stereocenters. The van der Waals surface area contributed by atoms with Crippen molar-refractivity contribution in [1.29, 1.82) is 0 Å². The fourth-order valence-electron chi connectivity index (χ4n) is 7.42. The number of fused-ring (bicyclic) bond motifs is 5. The maximum atomic E-state index is 11.9. The Morgan fingerprint density at radius 1 is 1.08 bits per heavy atom. The first-order valence-electron chi connectivity index (χ1n) is 10.0. The molecule has 0 heterocycles. The summed E-state index contributed by atoms with van der Waals surface area (Å²) in [5.41, 5.74) is 0.804. The molecule has 3 N–H and O–H groups in total. The van der Waals surface area contributed by atoms with Gasteiger partial charge in [-0.25, -0.2) is 0 Å². The van der Waals surface area contributed by atoms with Gasteiger partial charge in [0.05, 0.1) is 17.8 Å². The van der Waals surface area contributed by atoms with Crippen molar-refractivity contribution in [3.63, 3.8) is 0 Å². The second-order valence-corrected chi connectivity index (χ2v) is 9.76. The SMILES string of the molecule is CC(O)[C@H]1CCC2(O)[C@@H]3CC=C4CC(O)CC[C@]4(C)[C@H]3CC[C@]12C. The molecule has 0 radical (unpaired) electrons. The summed E-state index contributed by atoms with van der Waals surface area (Å²) in [6.45, 7) is 6.52. The minimum Gasteiger partial charge on any atom is -0.393 e. The van der Waals surface area contributed by atoms with Crippen LogP contribution in [0.5, 0.6) is 0 Å². The zero-order chi connectivity index (χ0) is 17.3. The molecule has 4 aliphatic carbocycles. The topological polar surface area (TPSA) is 60.7 Å². The summed E-state index contributed by atoms with van der Waals surface area (Å²) in [4.78, 5) is 0. The van der Waals surface area contributed by atoms with Crippen LogP contribution in [-0.4, -0.2) is 33.1 Å². The van der Waals surface area contributed by atoms with E-state index < -0.39 is 5.60 Å². The lowest BCUT2D eigenvalue weighted by atomic mass is 9.45. The number of hydrogen-bond donors (Lipinski definition) is 3. The molecule has 24 heavy (non-hydrogen) atoms. The van der Waals surface area contributed by atoms with Crippen molar-refractivity contribution in [2.24, 2.45) is 28.6 Å². The normalized spacial score (nSPS) is 55.2. The second kappa shape index (κ2) is 5.31. The van der Waals surface area contributed by atoms with Crippen molar-refractivity contribution in [2.75, 3.05) is 0 Å². The van der Waals surface area contributed by atoms with Crippen molar-refractivity contribution >= 4 is 0 Å². The number of aliphatic hydroxyl groups excluding tert-OH is 2. The number of aliphatic hydroxyl groups is 3. The van der Waals surface area contributed by atoms with Gasteiger partial charge < -0.3 is 15.3 Å². The number of allylic oxidation sites excluding steroid dienone is 1. The van der Waals surface area contributed by atoms with Crippen molar-refractivity contribution in [3.8, 4) is 0 Å². The molecule has 3 unspecified atom stereocenters. The average Bonchev–Trinajstić information content (AvgIpc) is 2.80. The molecule has 3 fully saturated rings. The number of rotatable bonds is 1. The van der Waals surface area contributed by atoms with E-state index in [2.05, 4.69) is 19.9 Å². The van der Waals surface area contributed by atoms with Crippen LogP contribution in [0.2, 0.25) is 0 Å². The van der Waals surface area contributed by atoms with Crippen LogP contribution < -0.4 is 0 Å². The maximum Gasteiger partial charge on any atom is 0.0738 e. The van der Waals surface area contributed by atoms with Gasteiger partial charge in [-0.05, 0) is 81.5 Å². The van der Waals surface area contributed by atoms with Gasteiger partial charge in [0, 0.05) is 5.41 Å². The highest BCUT2D eigenvalue weighted by molar-refractivity contribution is 5.28. The lowest BCUT2D eigenvalue weighted by molar-refractivity contribution is -0.186. The molecule has 3 saturated carbocycles. The van der Waals surface area contributed by atoms with Crippen molar-refractivity contribution < 1.29 is 15.3 Å². The Bertz CT molecular complexity index is 555. The zero-order valence-electron chi connectivity index (χ0n) is 15.5. The lowest BCUT2D eigenvalue weighted by Crippen LogP contribution is -2.61. The van der Waals surface area contributed by atoms with Crippen LogP contribution in [0.25, 0.3) is 0 Å². The standard InChI is InChI=1S/C21H34O3/c1-13(22)16-8-11-21(24)18-5-4-14-12-15(23)6-9-19(14,2)17(18)7-10-20(16,21)3/h4,13,15-18,22-24H,5-12H2,1-3H3/t13?,15?,16-,17+,18-,19+,20-,21?/m1/s1. The molecule has 0 aromatic heterocycles. The van der Waals surface area contributed by atoms with Gasteiger partial charge in [0.1, 0.15) is 0 Å². The minimum absolute atomic E-state index is 0.155. The van der Waals surface area contributed by atoms with Crippen molar-refractivity contribution in [1.82, 2.24) is 0 Å². The van der Waals surface area contributed by atoms with E-state index in [1.54, 1.807) is 0 Å². The largest absolute Gasteiger partial charge is 0.393 e. The van der Waals surface area contributed by atoms with Gasteiger partial charge in [-0.1, -0.05) is 25.5 Å². The van der Waals surface area contributed by atoms with Crippen LogP contribution in [0.1, 0.15) is 72.1 Å². The van der Waals surface area contributed by atoms with E-state index >= 15 is 0 Å². The van der Waals surface area contributed by atoms with Crippen LogP contribution in [-0.2, 0) is 0 Å². The van der Waals surface area contributed by atoms with Gasteiger partial charge in [0.15, 0.2) is 0 Å². The first-order chi connectivity index (χ1) is 11.2. The quantitative estimate of drug-likeness (QED) is 0.644. The van der Waals surface area contributed by atoms with Gasteiger partial charge in [-0.15, -0.1) is 0 Å². The summed E-state index contributed by atoms with van der Waals surface area (Å²) in [5.74, 6) is 1.05. The summed E-state index contributed by atoms with van der Waals surface area (Å²) >= 11 is 0. The lowest BCUT2D eigenvalue weighted by Gasteiger charge is -2.61. The van der Waals surface area contributed by atoms with Crippen LogP contribution >= 0.6 is 0 Å². The van der Waals surface area contributed by atoms with E-state index in [0.717, 1.165) is 51.4 Å². The van der Waals surface area contributed by atoms with E-state index in [4.69, 9.17) is 0 Å². The van der Waals surface area contributed by atoms with Crippen molar-refractivity contribution in [2.45, 2.75) is 89.9 Å². The van der Waals surface area contributed by atoms with Crippen LogP contribution in [0.3, 0.4) is 0 Å². The predicted molar refractivity (Wildman–Crippen MR) is 94.3 cm³/mol. The second-order valence-electron chi connectivity index (χ2n) is 9.76. The summed E-state index contributed by atoms with van der Waals surface area (Å²) < 4.78 is 0. The molecule has 3 heteroatoms. The molecule has 0 saturated heterocycles. The van der Waals surface area contributed by atoms with Crippen LogP contribution in [0.4, 0.5) is 0 Å². The Kier molecular flexibility index (Phi) is 3.77. The third kappa shape index (κ3) is 2.01. The van der Waals surface area contributed by atoms with Crippen LogP contribution in [0.15, 0.2) is 11.6 Å². The van der Waals surface area contributed by atoms with Gasteiger partial charge in [-0.3, -0.25) is 0 Å². The Morgan fingerprint density at radius 3 is 2.54 bits per heavy atom. The first kappa shape index (κ1) is 17.1. The van der Waals surface area contributed by atoms with Gasteiger partial charge >= 0.3 is 0 Å². The molecule has 4 rings (SSSR count). The van der Waals surface area contributed by atoms with Crippen molar-refractivity contribution in [3.05, 3.63) is 11.6 Å². The average molecular weight is 335 g/mol. The molecule has 0 aromatic rings. The fraction of sp³-hybridized carbons (Fsp3) is 0.905. The highest BCUT2D eigenvalue weighted by atomic mass is 16.3. The van der Waals surface area contributed by atoms with E-state index in [1.807, 2.05) is 6.92 Å². The van der Waals surface area contributed by atoms with E-state index in [9.17, 15) is 15.3 Å². The molecular weight excluding hydrogens is 300 g/mol. The molecule has 3 nitrogen and oxygen atoms in total. The smallest absolute Gasteiger partial charge is 0.0738 e. The predicted octanol–water partition coefficient (Wildman–Crippen LogP) is 3.42. The fourth-order valence-corrected chi connectivity index (χ4v) is 7.42. The molecule has 0 aromatic carbocycles. The molecule has 4 aliphatic rings. The highest BCUT2D eigenvalue weighted by Gasteiger charge is 2.66. The summed E-state index contributed by atoms with van der Waals surface area (Å²) in [6.07, 6.45) is 9.50. The Balaban J connectivity index is 1.71. The molecule has 0 bridgehead atoms. The maximum absolute atomic E-state index is 11.9. The Morgan fingerprint density at radius 2 is 1.83 bits per heavy atom. The van der Waals surface area contributed by atoms with Gasteiger partial charge in [-0.2, -0.15) is 0 Å². The molecule has 0 aliphatic heterocycles. The molecule has 0 amide bonds. The summed E-state index contributed by atoms with van der Waals surface area (Å²) in [6, 6.07) is 0. The Labute approximate surface area is 146 Å². The third-order valence-corrected chi connectivity index (χ3v) is 8.92. The third-order valence-electron chi connectivity index (χ3n) is 8.92. The minimum atomic E-state index is -0.640. The molecule has 0 spiro atoms. The molecular formula is C21H34O3. The first-order valence-corrected chi connectivity index (χ1v) is 10.0. The molecule has 136 valence electrons. The summed E-state index contributed by atoms with van der Waals surface area (Å²) in [7, 11) is 0. The zero-order valence-corrected chi connectivity index (χ0v) is 15.5. The van der Waals surface area contributed by atoms with E-state index in [0.29, 0.717) is 11.8 Å². The van der Waals surface area contributed by atoms with Crippen LogP contribution in [0, 0.1) is 28.6 Å². The van der Waals surface area contributed by atoms with Gasteiger partial charge in [0.25, 0.3) is 0 Å². The number of hydrogen-bond acceptors (Lipinski definition) is 3. The van der Waals surface area contributed by atoms with Gasteiger partial charge in [0.2, 0.25) is 0 Å².